The minimum absolute atomic E-state index is 0.202. The second-order valence-corrected chi connectivity index (χ2v) is 6.64. The van der Waals surface area contributed by atoms with Crippen LogP contribution in [-0.4, -0.2) is 13.7 Å². The van der Waals surface area contributed by atoms with Crippen LogP contribution in [0.2, 0.25) is 0 Å². The summed E-state index contributed by atoms with van der Waals surface area (Å²) in [5.74, 6) is 0. The summed E-state index contributed by atoms with van der Waals surface area (Å²) < 4.78 is 6.24. The van der Waals surface area contributed by atoms with Crippen LogP contribution in [0.1, 0.15) is 27.1 Å². The van der Waals surface area contributed by atoms with Gasteiger partial charge in [0, 0.05) is 11.6 Å². The Balaban J connectivity index is 2.20. The Morgan fingerprint density at radius 1 is 1.10 bits per heavy atom. The number of halogens is 2. The molecule has 0 aromatic heterocycles. The van der Waals surface area contributed by atoms with Crippen molar-refractivity contribution in [3.05, 3.63) is 69.2 Å². The zero-order valence-electron chi connectivity index (χ0n) is 11.7. The first-order valence-electron chi connectivity index (χ1n) is 6.59. The number of methoxy groups -OCH3 is 1. The molecule has 2 aromatic carbocycles. The topological polar surface area (TPSA) is 9.23 Å². The maximum Gasteiger partial charge on any atom is 0.0655 e. The van der Waals surface area contributed by atoms with Crippen molar-refractivity contribution in [3.8, 4) is 0 Å². The van der Waals surface area contributed by atoms with E-state index in [0.29, 0.717) is 0 Å². The van der Waals surface area contributed by atoms with Crippen molar-refractivity contribution in [1.29, 1.82) is 0 Å². The van der Waals surface area contributed by atoms with E-state index in [-0.39, 0.29) is 4.83 Å². The van der Waals surface area contributed by atoms with E-state index >= 15 is 0 Å². The molecule has 0 N–H and O–H groups in total. The molecule has 0 aliphatic heterocycles. The molecule has 0 saturated heterocycles. The quantitative estimate of drug-likeness (QED) is 0.611. The van der Waals surface area contributed by atoms with E-state index in [0.717, 1.165) is 17.5 Å². The van der Waals surface area contributed by atoms with E-state index in [9.17, 15) is 0 Å². The molecule has 1 nitrogen and oxygen atoms in total. The van der Waals surface area contributed by atoms with Crippen LogP contribution in [-0.2, 0) is 11.2 Å². The fourth-order valence-corrected chi connectivity index (χ4v) is 3.58. The van der Waals surface area contributed by atoms with Gasteiger partial charge >= 0.3 is 0 Å². The van der Waals surface area contributed by atoms with Gasteiger partial charge < -0.3 is 4.74 Å². The van der Waals surface area contributed by atoms with Gasteiger partial charge in [0.25, 0.3) is 0 Å². The largest absolute Gasteiger partial charge is 0.384 e. The molecule has 0 spiro atoms. The lowest BCUT2D eigenvalue weighted by atomic mass is 10.0. The van der Waals surface area contributed by atoms with Crippen molar-refractivity contribution in [3.63, 3.8) is 0 Å². The lowest BCUT2D eigenvalue weighted by Gasteiger charge is -2.14. The Labute approximate surface area is 137 Å². The maximum absolute atomic E-state index is 5.11. The Morgan fingerprint density at radius 3 is 2.45 bits per heavy atom. The highest BCUT2D eigenvalue weighted by molar-refractivity contribution is 9.11. The van der Waals surface area contributed by atoms with Crippen LogP contribution in [0.4, 0.5) is 0 Å². The van der Waals surface area contributed by atoms with Gasteiger partial charge in [-0.25, -0.2) is 0 Å². The molecule has 2 rings (SSSR count). The molecule has 0 bridgehead atoms. The predicted octanol–water partition coefficient (Wildman–Crippen LogP) is 5.43. The SMILES string of the molecule is COCCc1ccc(C(Br)c2cc(C)ccc2Br)cc1. The average molecular weight is 398 g/mol. The van der Waals surface area contributed by atoms with E-state index in [1.165, 1.54) is 22.3 Å². The first kappa shape index (κ1) is 15.7. The molecule has 1 unspecified atom stereocenters. The van der Waals surface area contributed by atoms with Crippen molar-refractivity contribution in [2.75, 3.05) is 13.7 Å². The van der Waals surface area contributed by atoms with Crippen LogP contribution >= 0.6 is 31.9 Å². The molecule has 0 heterocycles. The van der Waals surface area contributed by atoms with Crippen molar-refractivity contribution in [1.82, 2.24) is 0 Å². The zero-order valence-corrected chi connectivity index (χ0v) is 14.9. The second-order valence-electron chi connectivity index (χ2n) is 4.87. The maximum atomic E-state index is 5.11. The summed E-state index contributed by atoms with van der Waals surface area (Å²) in [6.07, 6.45) is 0.956. The van der Waals surface area contributed by atoms with Crippen LogP contribution < -0.4 is 0 Å². The highest BCUT2D eigenvalue weighted by Crippen LogP contribution is 2.35. The summed E-state index contributed by atoms with van der Waals surface area (Å²) in [4.78, 5) is 0.202. The summed E-state index contributed by atoms with van der Waals surface area (Å²) in [6.45, 7) is 2.88. The number of benzene rings is 2. The van der Waals surface area contributed by atoms with Crippen LogP contribution in [0.25, 0.3) is 0 Å². The van der Waals surface area contributed by atoms with Crippen LogP contribution in [0.3, 0.4) is 0 Å². The summed E-state index contributed by atoms with van der Waals surface area (Å²) in [5, 5.41) is 0. The first-order valence-corrected chi connectivity index (χ1v) is 8.30. The third-order valence-corrected chi connectivity index (χ3v) is 5.04. The van der Waals surface area contributed by atoms with Gasteiger partial charge in [0.05, 0.1) is 11.4 Å². The van der Waals surface area contributed by atoms with E-state index in [2.05, 4.69) is 81.2 Å². The van der Waals surface area contributed by atoms with Crippen LogP contribution in [0, 0.1) is 6.92 Å². The van der Waals surface area contributed by atoms with E-state index < -0.39 is 0 Å². The highest BCUT2D eigenvalue weighted by atomic mass is 79.9. The number of ether oxygens (including phenoxy) is 1. The van der Waals surface area contributed by atoms with Crippen LogP contribution in [0.15, 0.2) is 46.9 Å². The number of alkyl halides is 1. The fraction of sp³-hybridized carbons (Fsp3) is 0.294. The molecule has 2 aromatic rings. The molecular formula is C17H18Br2O. The highest BCUT2D eigenvalue weighted by Gasteiger charge is 2.13. The molecule has 1 atom stereocenters. The number of rotatable bonds is 5. The van der Waals surface area contributed by atoms with Crippen molar-refractivity contribution >= 4 is 31.9 Å². The van der Waals surface area contributed by atoms with Gasteiger partial charge in [-0.15, -0.1) is 0 Å². The molecule has 0 saturated carbocycles. The molecule has 0 amide bonds. The minimum atomic E-state index is 0.202. The third-order valence-electron chi connectivity index (χ3n) is 3.29. The first-order chi connectivity index (χ1) is 9.61. The monoisotopic (exact) mass is 396 g/mol. The van der Waals surface area contributed by atoms with Gasteiger partial charge in [-0.2, -0.15) is 0 Å². The second kappa shape index (κ2) is 7.39. The van der Waals surface area contributed by atoms with Crippen molar-refractivity contribution in [2.45, 2.75) is 18.2 Å². The average Bonchev–Trinajstić information content (AvgIpc) is 2.47. The fourth-order valence-electron chi connectivity index (χ4n) is 2.11. The standard InChI is InChI=1S/C17H18Br2O/c1-12-3-8-16(18)15(11-12)17(19)14-6-4-13(5-7-14)9-10-20-2/h3-8,11,17H,9-10H2,1-2H3. The Morgan fingerprint density at radius 2 is 1.80 bits per heavy atom. The summed E-state index contributed by atoms with van der Waals surface area (Å²) in [7, 11) is 1.73. The van der Waals surface area contributed by atoms with Gasteiger partial charge in [0.15, 0.2) is 0 Å². The lowest BCUT2D eigenvalue weighted by Crippen LogP contribution is -1.97. The Bertz CT molecular complexity index is 564. The molecule has 0 radical (unpaired) electrons. The van der Waals surface area contributed by atoms with Gasteiger partial charge in [-0.3, -0.25) is 0 Å². The van der Waals surface area contributed by atoms with Gasteiger partial charge in [-0.05, 0) is 36.1 Å². The molecular weight excluding hydrogens is 380 g/mol. The zero-order chi connectivity index (χ0) is 14.5. The predicted molar refractivity (Wildman–Crippen MR) is 91.7 cm³/mol. The molecule has 20 heavy (non-hydrogen) atoms. The smallest absolute Gasteiger partial charge is 0.0655 e. The van der Waals surface area contributed by atoms with E-state index in [4.69, 9.17) is 4.74 Å². The molecule has 0 aliphatic carbocycles. The van der Waals surface area contributed by atoms with Gasteiger partial charge in [0.1, 0.15) is 0 Å². The van der Waals surface area contributed by atoms with E-state index in [1.54, 1.807) is 7.11 Å². The van der Waals surface area contributed by atoms with Crippen LogP contribution in [0.5, 0.6) is 0 Å². The molecule has 0 aliphatic rings. The summed E-state index contributed by atoms with van der Waals surface area (Å²) >= 11 is 7.43. The minimum Gasteiger partial charge on any atom is -0.384 e. The van der Waals surface area contributed by atoms with Gasteiger partial charge in [-0.1, -0.05) is 73.8 Å². The number of hydrogen-bond acceptors (Lipinski definition) is 1. The lowest BCUT2D eigenvalue weighted by molar-refractivity contribution is 0.202. The van der Waals surface area contributed by atoms with Crippen molar-refractivity contribution in [2.24, 2.45) is 0 Å². The number of hydrogen-bond donors (Lipinski definition) is 0. The Kier molecular flexibility index (Phi) is 5.82. The summed E-state index contributed by atoms with van der Waals surface area (Å²) in [6, 6.07) is 15.1. The number of aryl methyl sites for hydroxylation is 1. The Hall–Kier alpha value is -0.640. The molecule has 0 fully saturated rings. The van der Waals surface area contributed by atoms with E-state index in [1.807, 2.05) is 0 Å². The molecule has 106 valence electrons. The molecule has 3 heteroatoms. The third kappa shape index (κ3) is 3.94. The summed E-state index contributed by atoms with van der Waals surface area (Å²) in [5.41, 5.74) is 5.09. The van der Waals surface area contributed by atoms with Gasteiger partial charge in [0.2, 0.25) is 0 Å². The normalized spacial score (nSPS) is 12.4. The van der Waals surface area contributed by atoms with Crippen molar-refractivity contribution < 1.29 is 4.74 Å².